The van der Waals surface area contributed by atoms with Crippen LogP contribution >= 0.6 is 34.0 Å². The Labute approximate surface area is 663 Å². The standard InChI is InChI=1S/C23H20N4O2S.C20H21N3O3S.2C13H17NO4.C7H6N2S.3C2H6.2CH4/c24-14-15-7-6-10-17(13-15)21(28)26-20(16-8-2-1-3-9-16)22(29)27-23-25-18-11-4-5-12-19(18)30-23;1-20(2,3)26-19(25)22-16(13-9-5-4-6-10-13)17(24)23-18-21-14-11-7-8-12-15(14)27-18;1-13(2,3)18-12(17)14-8-9-5-4-6-10(7-9)11(15)16;1-13(2,3)18-12(17)14-10(11(15)16)9-7-5-4-6-8-9;8-7-9-5-3-1-2-4-6(5)10-7;3*1-2;;/h1-13,20H,14,24H2,(H,26,28)(H,25,27,29);4-12,16H,1-3H3,(H,22,25)(H,21,23,24);4-7H,8H2,1-3H3,(H,14,17)(H,15,16);4-8,10H,1-3H3,(H,14,17)(H,15,16);1-4H,(H2,8,9);3*1-2H3;2*1H4. The first kappa shape index (κ1) is 95.4. The number of carbonyl (C=O) groups is 8. The van der Waals surface area contributed by atoms with Gasteiger partial charge in [-0.15, -0.1) is 0 Å². The summed E-state index contributed by atoms with van der Waals surface area (Å²) in [6.45, 7) is 28.3. The quantitative estimate of drug-likeness (QED) is 0.0402. The summed E-state index contributed by atoms with van der Waals surface area (Å²) in [5.41, 5.74) is 16.0. The summed E-state index contributed by atoms with van der Waals surface area (Å²) in [6.07, 6.45) is -1.93. The minimum absolute atomic E-state index is 0. The Morgan fingerprint density at radius 2 is 0.757 bits per heavy atom. The first-order chi connectivity index (χ1) is 51.9. The number of anilines is 3. The van der Waals surface area contributed by atoms with Crippen LogP contribution in [-0.4, -0.2) is 89.9 Å². The number of benzene rings is 8. The van der Waals surface area contributed by atoms with Gasteiger partial charge in [-0.25, -0.2) is 38.9 Å². The lowest BCUT2D eigenvalue weighted by molar-refractivity contribution is -0.139. The number of nitrogens with zero attached hydrogens (tertiary/aromatic N) is 3. The Kier molecular flexibility index (Phi) is 41.3. The predicted octanol–water partition coefficient (Wildman–Crippen LogP) is 19.3. The molecule has 3 atom stereocenters. The average molecular weight is 1580 g/mol. The molecule has 11 aromatic rings. The van der Waals surface area contributed by atoms with Crippen molar-refractivity contribution in [3.05, 3.63) is 251 Å². The number of carboxylic acids is 2. The predicted molar refractivity (Wildman–Crippen MR) is 450 cm³/mol. The smallest absolute Gasteiger partial charge is 0.408 e. The Hall–Kier alpha value is -11.7. The Morgan fingerprint density at radius 3 is 1.14 bits per heavy atom. The van der Waals surface area contributed by atoms with Gasteiger partial charge in [0.25, 0.3) is 17.7 Å². The number of nitrogens with two attached hydrogens (primary N) is 2. The zero-order valence-corrected chi connectivity index (χ0v) is 66.4. The van der Waals surface area contributed by atoms with Crippen LogP contribution in [0.4, 0.5) is 29.8 Å². The third kappa shape index (κ3) is 34.2. The minimum Gasteiger partial charge on any atom is -0.479 e. The lowest BCUT2D eigenvalue weighted by atomic mass is 10.0. The number of amides is 6. The van der Waals surface area contributed by atoms with Gasteiger partial charge in [0, 0.05) is 18.7 Å². The Morgan fingerprint density at radius 1 is 0.414 bits per heavy atom. The van der Waals surface area contributed by atoms with E-state index in [0.717, 1.165) is 36.2 Å². The normalized spacial score (nSPS) is 11.1. The van der Waals surface area contributed by atoms with E-state index in [9.17, 15) is 38.4 Å². The molecule has 8 aromatic carbocycles. The van der Waals surface area contributed by atoms with Crippen molar-refractivity contribution < 1.29 is 62.8 Å². The SMILES string of the molecule is C.C.CC.CC.CC.CC(C)(C)OC(=O)NC(C(=O)Nc1nc2ccccc2s1)c1ccccc1.CC(C)(C)OC(=O)NC(C(=O)O)c1ccccc1.CC(C)(C)OC(=O)NCc1cccc(C(=O)O)c1.NCc1cccc(C(=O)NC(C(=O)Nc2nc3ccccc3s2)c2ccccc2)c1.Nc1nc2ccccc2s1. The highest BCUT2D eigenvalue weighted by Crippen LogP contribution is 2.29. The van der Waals surface area contributed by atoms with E-state index < -0.39 is 65.1 Å². The molecule has 6 amide bonds. The molecular formula is C84H107N11O13S3. The molecule has 0 radical (unpaired) electrons. The number of para-hydroxylation sites is 3. The Bertz CT molecular complexity index is 4570. The number of ether oxygens (including phenoxy) is 3. The summed E-state index contributed by atoms with van der Waals surface area (Å²) >= 11 is 4.29. The summed E-state index contributed by atoms with van der Waals surface area (Å²) < 4.78 is 18.5. The van der Waals surface area contributed by atoms with Crippen LogP contribution in [0.2, 0.25) is 0 Å². The molecule has 11 rings (SSSR count). The number of thiazole rings is 3. The van der Waals surface area contributed by atoms with Crippen LogP contribution in [0.15, 0.2) is 212 Å². The van der Waals surface area contributed by atoms with Gasteiger partial charge in [0.05, 0.1) is 36.2 Å². The number of nitrogens with one attached hydrogen (secondary N) is 6. The van der Waals surface area contributed by atoms with Gasteiger partial charge >= 0.3 is 30.2 Å². The second-order valence-electron chi connectivity index (χ2n) is 25.4. The number of carbonyl (C=O) groups excluding carboxylic acids is 6. The Balaban J connectivity index is 0.000000476. The number of hydrogen-bond acceptors (Lipinski definition) is 19. The maximum Gasteiger partial charge on any atom is 0.408 e. The van der Waals surface area contributed by atoms with Crippen LogP contribution in [0.3, 0.4) is 0 Å². The van der Waals surface area contributed by atoms with E-state index in [2.05, 4.69) is 46.9 Å². The van der Waals surface area contributed by atoms with Crippen LogP contribution in [0.1, 0.15) is 185 Å². The van der Waals surface area contributed by atoms with E-state index in [1.165, 1.54) is 46.1 Å². The van der Waals surface area contributed by atoms with Crippen molar-refractivity contribution in [1.29, 1.82) is 0 Å². The molecule has 0 aliphatic heterocycles. The van der Waals surface area contributed by atoms with Crippen molar-refractivity contribution in [2.75, 3.05) is 16.4 Å². The lowest BCUT2D eigenvalue weighted by Gasteiger charge is -2.23. The molecule has 12 N–H and O–H groups in total. The average Bonchev–Trinajstić information content (AvgIpc) is 1.71. The van der Waals surface area contributed by atoms with Crippen LogP contribution in [-0.2, 0) is 41.7 Å². The first-order valence-electron chi connectivity index (χ1n) is 35.1. The molecule has 111 heavy (non-hydrogen) atoms. The van der Waals surface area contributed by atoms with Crippen molar-refractivity contribution >= 4 is 128 Å². The van der Waals surface area contributed by atoms with Crippen LogP contribution in [0, 0.1) is 0 Å². The van der Waals surface area contributed by atoms with Gasteiger partial charge in [-0.1, -0.05) is 242 Å². The topological polar surface area (TPSA) is 368 Å². The number of aromatic carboxylic acids is 1. The monoisotopic (exact) mass is 1570 g/mol. The molecule has 3 aromatic heterocycles. The highest BCUT2D eigenvalue weighted by Gasteiger charge is 2.29. The lowest BCUT2D eigenvalue weighted by Crippen LogP contribution is -2.40. The van der Waals surface area contributed by atoms with Gasteiger partial charge in [0.1, 0.15) is 28.9 Å². The molecule has 0 spiro atoms. The van der Waals surface area contributed by atoms with Gasteiger partial charge in [-0.05, 0) is 151 Å². The van der Waals surface area contributed by atoms with Crippen molar-refractivity contribution in [3.8, 4) is 0 Å². The minimum atomic E-state index is -1.13. The molecule has 3 heterocycles. The number of nitrogen functional groups attached to an aromatic ring is 1. The van der Waals surface area contributed by atoms with Crippen molar-refractivity contribution in [2.24, 2.45) is 5.73 Å². The number of alkyl carbamates (subject to hydrolysis) is 3. The summed E-state index contributed by atoms with van der Waals surface area (Å²) in [5.74, 6) is -3.21. The van der Waals surface area contributed by atoms with Gasteiger partial charge in [-0.2, -0.15) is 0 Å². The molecule has 594 valence electrons. The van der Waals surface area contributed by atoms with Crippen molar-refractivity contribution in [1.82, 2.24) is 36.2 Å². The number of hydrogen-bond donors (Lipinski definition) is 10. The van der Waals surface area contributed by atoms with Gasteiger partial charge < -0.3 is 57.2 Å². The molecule has 24 nitrogen and oxygen atoms in total. The summed E-state index contributed by atoms with van der Waals surface area (Å²) in [4.78, 5) is 109. The highest BCUT2D eigenvalue weighted by atomic mass is 32.1. The maximum absolute atomic E-state index is 13.1. The first-order valence-corrected chi connectivity index (χ1v) is 37.5. The second kappa shape index (κ2) is 48.0. The van der Waals surface area contributed by atoms with Crippen LogP contribution < -0.4 is 43.4 Å². The van der Waals surface area contributed by atoms with Gasteiger partial charge in [0.15, 0.2) is 21.4 Å². The third-order valence-corrected chi connectivity index (χ3v) is 16.3. The summed E-state index contributed by atoms with van der Waals surface area (Å²) in [6, 6.07) is 60.4. The van der Waals surface area contributed by atoms with E-state index in [4.69, 9.17) is 35.9 Å². The zero-order valence-electron chi connectivity index (χ0n) is 64.0. The maximum atomic E-state index is 13.1. The molecule has 0 saturated carbocycles. The number of aromatic nitrogens is 3. The molecule has 3 unspecified atom stereocenters. The number of fused-ring (bicyclic) bond motifs is 3. The molecule has 0 aliphatic carbocycles. The van der Waals surface area contributed by atoms with E-state index in [1.54, 1.807) is 147 Å². The van der Waals surface area contributed by atoms with Gasteiger partial charge in [0.2, 0.25) is 0 Å². The molecular weight excluding hydrogens is 1470 g/mol. The molecule has 27 heteroatoms. The molecule has 0 fully saturated rings. The fourth-order valence-electron chi connectivity index (χ4n) is 9.13. The fourth-order valence-corrected chi connectivity index (χ4v) is 11.6. The van der Waals surface area contributed by atoms with Crippen molar-refractivity contribution in [2.45, 2.75) is 167 Å². The highest BCUT2D eigenvalue weighted by molar-refractivity contribution is 7.23. The van der Waals surface area contributed by atoms with E-state index in [1.807, 2.05) is 157 Å². The van der Waals surface area contributed by atoms with Crippen LogP contribution in [0.25, 0.3) is 30.6 Å². The number of rotatable bonds is 16. The number of carboxylic acid groups (broad SMARTS) is 2. The van der Waals surface area contributed by atoms with Crippen LogP contribution in [0.5, 0.6) is 0 Å². The summed E-state index contributed by atoms with van der Waals surface area (Å²) in [7, 11) is 0. The molecule has 0 aliphatic rings. The van der Waals surface area contributed by atoms with Crippen molar-refractivity contribution in [3.63, 3.8) is 0 Å². The molecule has 0 saturated heterocycles. The second-order valence-corrected chi connectivity index (χ2v) is 28.5. The largest absolute Gasteiger partial charge is 0.479 e. The van der Waals surface area contributed by atoms with E-state index in [-0.39, 0.29) is 44.7 Å². The fraction of sp³-hybridized carbons (Fsp3) is 0.298. The van der Waals surface area contributed by atoms with E-state index in [0.29, 0.717) is 49.8 Å². The number of aliphatic carboxylic acids is 1. The van der Waals surface area contributed by atoms with E-state index >= 15 is 0 Å². The molecule has 0 bridgehead atoms. The third-order valence-electron chi connectivity index (χ3n) is 13.6. The summed E-state index contributed by atoms with van der Waals surface area (Å²) in [5, 5.41) is 35.6. The van der Waals surface area contributed by atoms with Gasteiger partial charge in [-0.3, -0.25) is 25.0 Å². The zero-order chi connectivity index (χ0) is 80.9.